The van der Waals surface area contributed by atoms with Gasteiger partial charge in [-0.1, -0.05) is 12.1 Å². The van der Waals surface area contributed by atoms with Crippen molar-refractivity contribution in [2.24, 2.45) is 11.5 Å². The molecule has 0 heterocycles. The Morgan fingerprint density at radius 3 is 1.95 bits per heavy atom. The summed E-state index contributed by atoms with van der Waals surface area (Å²) in [5.41, 5.74) is 11.0. The molecule has 15 heteroatoms. The van der Waals surface area contributed by atoms with Crippen LogP contribution in [0.4, 0.5) is 0 Å². The lowest BCUT2D eigenvalue weighted by Gasteiger charge is -2.26. The lowest BCUT2D eigenvalue weighted by atomic mass is 10.0. The van der Waals surface area contributed by atoms with Crippen molar-refractivity contribution in [2.75, 3.05) is 0 Å². The number of aromatic hydroxyl groups is 1. The van der Waals surface area contributed by atoms with Gasteiger partial charge in [-0.15, -0.1) is 0 Å². The number of nitrogens with one attached hydrogen (secondary N) is 3. The Hall–Kier alpha value is -4.24. The average Bonchev–Trinajstić information content (AvgIpc) is 2.79. The van der Waals surface area contributed by atoms with E-state index in [1.807, 2.05) is 0 Å². The van der Waals surface area contributed by atoms with Gasteiger partial charge >= 0.3 is 11.9 Å². The Morgan fingerprint density at radius 1 is 0.892 bits per heavy atom. The molecular weight excluding hydrogens is 494 g/mol. The number of aliphatic carboxylic acids is 2. The van der Waals surface area contributed by atoms with E-state index < -0.39 is 85.1 Å². The molecule has 0 bridgehead atoms. The summed E-state index contributed by atoms with van der Waals surface area (Å²) in [6.45, 7) is 1.15. The van der Waals surface area contributed by atoms with Crippen LogP contribution in [-0.2, 0) is 35.2 Å². The summed E-state index contributed by atoms with van der Waals surface area (Å²) in [5, 5.41) is 44.4. The summed E-state index contributed by atoms with van der Waals surface area (Å²) in [7, 11) is 0. The molecule has 0 aromatic heterocycles. The van der Waals surface area contributed by atoms with Crippen LogP contribution in [0.15, 0.2) is 24.3 Å². The monoisotopic (exact) mass is 525 g/mol. The number of carbonyl (C=O) groups is 6. The second-order valence-corrected chi connectivity index (χ2v) is 8.27. The van der Waals surface area contributed by atoms with E-state index in [2.05, 4.69) is 16.0 Å². The summed E-state index contributed by atoms with van der Waals surface area (Å²) in [4.78, 5) is 71.5. The first-order valence-electron chi connectivity index (χ1n) is 11.1. The molecule has 37 heavy (non-hydrogen) atoms. The molecule has 0 aliphatic rings. The highest BCUT2D eigenvalue weighted by molar-refractivity contribution is 5.95. The largest absolute Gasteiger partial charge is 0.508 e. The summed E-state index contributed by atoms with van der Waals surface area (Å²) in [6, 6.07) is -0.562. The zero-order valence-corrected chi connectivity index (χ0v) is 19.9. The van der Waals surface area contributed by atoms with E-state index in [1.165, 1.54) is 24.3 Å². The summed E-state index contributed by atoms with van der Waals surface area (Å²) in [6.07, 6.45) is -3.26. The molecule has 11 N–H and O–H groups in total. The Balaban J connectivity index is 3.03. The van der Waals surface area contributed by atoms with Gasteiger partial charge in [-0.3, -0.25) is 24.0 Å². The molecule has 15 nitrogen and oxygen atoms in total. The number of phenols is 1. The third kappa shape index (κ3) is 10.9. The molecular formula is C22H31N5O10. The number of nitrogens with two attached hydrogens (primary N) is 2. The maximum atomic E-state index is 12.9. The number of carboxylic acids is 2. The quantitative estimate of drug-likeness (QED) is 0.111. The number of hydrogen-bond donors (Lipinski definition) is 9. The van der Waals surface area contributed by atoms with Crippen molar-refractivity contribution in [3.05, 3.63) is 29.8 Å². The third-order valence-electron chi connectivity index (χ3n) is 5.09. The van der Waals surface area contributed by atoms with Crippen LogP contribution in [0.1, 0.15) is 31.7 Å². The Bertz CT molecular complexity index is 998. The van der Waals surface area contributed by atoms with Crippen LogP contribution in [0, 0.1) is 0 Å². The van der Waals surface area contributed by atoms with E-state index in [0.29, 0.717) is 5.56 Å². The van der Waals surface area contributed by atoms with Crippen LogP contribution < -0.4 is 27.4 Å². The number of carbonyl (C=O) groups excluding carboxylic acids is 4. The van der Waals surface area contributed by atoms with Crippen LogP contribution >= 0.6 is 0 Å². The Morgan fingerprint density at radius 2 is 1.46 bits per heavy atom. The molecule has 0 radical (unpaired) electrons. The van der Waals surface area contributed by atoms with E-state index in [4.69, 9.17) is 16.6 Å². The van der Waals surface area contributed by atoms with Gasteiger partial charge in [0.25, 0.3) is 0 Å². The van der Waals surface area contributed by atoms with E-state index >= 15 is 0 Å². The number of phenolic OH excluding ortho intramolecular Hbond substituents is 1. The maximum absolute atomic E-state index is 12.9. The van der Waals surface area contributed by atoms with Crippen molar-refractivity contribution in [1.29, 1.82) is 0 Å². The minimum Gasteiger partial charge on any atom is -0.508 e. The average molecular weight is 526 g/mol. The van der Waals surface area contributed by atoms with Crippen molar-refractivity contribution < 1.29 is 49.2 Å². The number of rotatable bonds is 15. The molecule has 0 saturated carbocycles. The van der Waals surface area contributed by atoms with Gasteiger partial charge in [-0.05, 0) is 31.0 Å². The van der Waals surface area contributed by atoms with Gasteiger partial charge in [-0.25, -0.2) is 4.79 Å². The number of carboxylic acid groups (broad SMARTS) is 2. The zero-order chi connectivity index (χ0) is 28.3. The molecule has 1 rings (SSSR count). The zero-order valence-electron chi connectivity index (χ0n) is 19.9. The minimum atomic E-state index is -1.65. The summed E-state index contributed by atoms with van der Waals surface area (Å²) < 4.78 is 0. The molecule has 5 atom stereocenters. The van der Waals surface area contributed by atoms with Crippen molar-refractivity contribution in [3.8, 4) is 5.75 Å². The van der Waals surface area contributed by atoms with Crippen LogP contribution in [0.25, 0.3) is 0 Å². The molecule has 0 saturated heterocycles. The first-order valence-corrected chi connectivity index (χ1v) is 11.1. The normalized spacial score (nSPS) is 14.8. The van der Waals surface area contributed by atoms with Crippen molar-refractivity contribution >= 4 is 35.6 Å². The first-order chi connectivity index (χ1) is 17.2. The van der Waals surface area contributed by atoms with E-state index in [1.54, 1.807) is 0 Å². The highest BCUT2D eigenvalue weighted by Crippen LogP contribution is 2.12. The van der Waals surface area contributed by atoms with Crippen LogP contribution in [0.3, 0.4) is 0 Å². The molecule has 5 unspecified atom stereocenters. The number of aliphatic hydroxyl groups is 1. The second-order valence-electron chi connectivity index (χ2n) is 8.27. The van der Waals surface area contributed by atoms with Crippen molar-refractivity contribution in [2.45, 2.75) is 62.9 Å². The third-order valence-corrected chi connectivity index (χ3v) is 5.09. The molecule has 4 amide bonds. The van der Waals surface area contributed by atoms with Crippen molar-refractivity contribution in [1.82, 2.24) is 16.0 Å². The van der Waals surface area contributed by atoms with Crippen LogP contribution in [0.5, 0.6) is 5.75 Å². The van der Waals surface area contributed by atoms with E-state index in [0.717, 1.165) is 6.92 Å². The predicted molar refractivity (Wildman–Crippen MR) is 126 cm³/mol. The molecule has 0 fully saturated rings. The molecule has 1 aromatic carbocycles. The Kier molecular flexibility index (Phi) is 11.9. The summed E-state index contributed by atoms with van der Waals surface area (Å²) in [5.74, 6) is -6.76. The lowest BCUT2D eigenvalue weighted by Crippen LogP contribution is -2.60. The number of amides is 4. The molecule has 1 aromatic rings. The fraction of sp³-hybridized carbons (Fsp3) is 0.455. The fourth-order valence-corrected chi connectivity index (χ4v) is 3.11. The number of aliphatic hydroxyl groups excluding tert-OH is 1. The second kappa shape index (κ2) is 14.4. The Labute approximate surface area is 211 Å². The molecule has 0 spiro atoms. The minimum absolute atomic E-state index is 0.0496. The highest BCUT2D eigenvalue weighted by atomic mass is 16.4. The first kappa shape index (κ1) is 30.8. The molecule has 0 aliphatic heterocycles. The van der Waals surface area contributed by atoms with Gasteiger partial charge < -0.3 is 47.8 Å². The highest BCUT2D eigenvalue weighted by Gasteiger charge is 2.33. The summed E-state index contributed by atoms with van der Waals surface area (Å²) >= 11 is 0. The molecule has 0 aliphatic carbocycles. The maximum Gasteiger partial charge on any atom is 0.326 e. The van der Waals surface area contributed by atoms with E-state index in [-0.39, 0.29) is 12.2 Å². The molecule has 204 valence electrons. The van der Waals surface area contributed by atoms with Gasteiger partial charge in [0.2, 0.25) is 23.6 Å². The fourth-order valence-electron chi connectivity index (χ4n) is 3.11. The smallest absolute Gasteiger partial charge is 0.326 e. The topological polar surface area (TPSA) is 271 Å². The SMILES string of the molecule is CC(O)C(NC(=O)C(N)CC(N)=O)C(=O)NC(CCC(=O)O)C(=O)NC(Cc1ccc(O)cc1)C(=O)O. The van der Waals surface area contributed by atoms with Gasteiger partial charge in [0.05, 0.1) is 18.6 Å². The van der Waals surface area contributed by atoms with Crippen LogP contribution in [0.2, 0.25) is 0 Å². The van der Waals surface area contributed by atoms with Crippen LogP contribution in [-0.4, -0.2) is 86.3 Å². The van der Waals surface area contributed by atoms with Gasteiger partial charge in [0.1, 0.15) is 23.9 Å². The van der Waals surface area contributed by atoms with Crippen molar-refractivity contribution in [3.63, 3.8) is 0 Å². The number of hydrogen-bond acceptors (Lipinski definition) is 9. The number of primary amides is 1. The standard InChI is InChI=1S/C22H31N5O10/c1-10(28)18(27-19(33)13(23)9-16(24)30)21(35)25-14(6-7-17(31)32)20(34)26-15(22(36)37)8-11-2-4-12(29)5-3-11/h2-5,10,13-15,18,28-29H,6-9,23H2,1H3,(H2,24,30)(H,25,35)(H,26,34)(H,27,33)(H,31,32)(H,36,37). The number of benzene rings is 1. The predicted octanol–water partition coefficient (Wildman–Crippen LogP) is -3.08. The van der Waals surface area contributed by atoms with Gasteiger partial charge in [0.15, 0.2) is 0 Å². The van der Waals surface area contributed by atoms with Gasteiger partial charge in [-0.2, -0.15) is 0 Å². The van der Waals surface area contributed by atoms with Gasteiger partial charge in [0, 0.05) is 12.8 Å². The lowest BCUT2D eigenvalue weighted by molar-refractivity contribution is -0.143. The van der Waals surface area contributed by atoms with E-state index in [9.17, 15) is 44.1 Å².